The second-order valence-electron chi connectivity index (χ2n) is 4.83. The number of rotatable bonds is 4. The smallest absolute Gasteiger partial charge is 0.324 e. The number of methoxy groups -OCH3 is 1. The summed E-state index contributed by atoms with van der Waals surface area (Å²) in [5.74, 6) is -1.51. The molecule has 7 nitrogen and oxygen atoms in total. The molecule has 1 saturated carbocycles. The number of esters is 1. The minimum Gasteiger partial charge on any atom is -0.474 e. The average Bonchev–Trinajstić information content (AvgIpc) is 2.47. The van der Waals surface area contributed by atoms with Gasteiger partial charge >= 0.3 is 11.7 Å². The van der Waals surface area contributed by atoms with Gasteiger partial charge in [-0.05, 0) is 25.7 Å². The predicted octanol–water partition coefficient (Wildman–Crippen LogP) is 2.24. The first-order chi connectivity index (χ1) is 10.0. The molecule has 1 aliphatic rings. The van der Waals surface area contributed by atoms with E-state index in [2.05, 4.69) is 9.72 Å². The monoisotopic (exact) mass is 298 g/mol. The van der Waals surface area contributed by atoms with Gasteiger partial charge in [-0.1, -0.05) is 0 Å². The number of ether oxygens (including phenoxy) is 2. The van der Waals surface area contributed by atoms with Crippen LogP contribution in [-0.2, 0) is 9.53 Å². The van der Waals surface area contributed by atoms with E-state index in [0.717, 1.165) is 6.07 Å². The van der Waals surface area contributed by atoms with Crippen LogP contribution in [0.2, 0.25) is 0 Å². The Kier molecular flexibility index (Phi) is 4.66. The lowest BCUT2D eigenvalue weighted by Crippen LogP contribution is -2.28. The van der Waals surface area contributed by atoms with Gasteiger partial charge in [-0.15, -0.1) is 0 Å². The summed E-state index contributed by atoms with van der Waals surface area (Å²) in [7, 11) is 1.36. The summed E-state index contributed by atoms with van der Waals surface area (Å²) in [5, 5.41) is 10.5. The number of aromatic nitrogens is 1. The molecule has 0 amide bonds. The van der Waals surface area contributed by atoms with E-state index in [1.807, 2.05) is 0 Å². The van der Waals surface area contributed by atoms with E-state index in [9.17, 15) is 19.3 Å². The second-order valence-corrected chi connectivity index (χ2v) is 4.83. The molecule has 2 rings (SSSR count). The van der Waals surface area contributed by atoms with Gasteiger partial charge in [0.25, 0.3) is 5.95 Å². The third-order valence-corrected chi connectivity index (χ3v) is 3.50. The highest BCUT2D eigenvalue weighted by molar-refractivity contribution is 5.72. The van der Waals surface area contributed by atoms with Crippen molar-refractivity contribution in [2.75, 3.05) is 7.11 Å². The zero-order valence-electron chi connectivity index (χ0n) is 11.5. The molecule has 0 aliphatic heterocycles. The average molecular weight is 298 g/mol. The lowest BCUT2D eigenvalue weighted by Gasteiger charge is -2.26. The normalized spacial score (nSPS) is 21.6. The van der Waals surface area contributed by atoms with Gasteiger partial charge in [-0.2, -0.15) is 9.37 Å². The maximum Gasteiger partial charge on any atom is 0.324 e. The van der Waals surface area contributed by atoms with Gasteiger partial charge in [-0.3, -0.25) is 14.9 Å². The van der Waals surface area contributed by atoms with Gasteiger partial charge in [-0.25, -0.2) is 0 Å². The summed E-state index contributed by atoms with van der Waals surface area (Å²) < 4.78 is 23.6. The zero-order valence-corrected chi connectivity index (χ0v) is 11.5. The molecule has 0 radical (unpaired) electrons. The van der Waals surface area contributed by atoms with Crippen LogP contribution < -0.4 is 4.74 Å². The van der Waals surface area contributed by atoms with Gasteiger partial charge in [0.1, 0.15) is 6.10 Å². The molecule has 8 heteroatoms. The number of halogens is 1. The molecule has 1 aromatic heterocycles. The third kappa shape index (κ3) is 3.65. The molecule has 0 saturated heterocycles. The first-order valence-electron chi connectivity index (χ1n) is 6.56. The summed E-state index contributed by atoms with van der Waals surface area (Å²) in [6.07, 6.45) is 2.33. The summed E-state index contributed by atoms with van der Waals surface area (Å²) >= 11 is 0. The van der Waals surface area contributed by atoms with Crippen LogP contribution in [0.1, 0.15) is 25.7 Å². The minimum absolute atomic E-state index is 0.0135. The summed E-state index contributed by atoms with van der Waals surface area (Å²) in [6, 6.07) is 2.30. The highest BCUT2D eigenvalue weighted by atomic mass is 19.1. The van der Waals surface area contributed by atoms with E-state index in [0.29, 0.717) is 25.7 Å². The van der Waals surface area contributed by atoms with Crippen LogP contribution in [0.25, 0.3) is 0 Å². The SMILES string of the molecule is COC(=O)[C@H]1CC[C@@H](Oc2ccc([N+](=O)[O-])c(F)n2)CC1. The van der Waals surface area contributed by atoms with Crippen LogP contribution in [-0.4, -0.2) is 29.1 Å². The molecule has 0 aromatic carbocycles. The largest absolute Gasteiger partial charge is 0.474 e. The highest BCUT2D eigenvalue weighted by Gasteiger charge is 2.28. The van der Waals surface area contributed by atoms with Crippen molar-refractivity contribution in [1.29, 1.82) is 0 Å². The van der Waals surface area contributed by atoms with Gasteiger partial charge in [0.2, 0.25) is 5.88 Å². The Balaban J connectivity index is 1.93. The number of nitrogens with zero attached hydrogens (tertiary/aromatic N) is 2. The van der Waals surface area contributed by atoms with E-state index in [-0.39, 0.29) is 23.9 Å². The summed E-state index contributed by atoms with van der Waals surface area (Å²) in [6.45, 7) is 0. The van der Waals surface area contributed by atoms with Crippen LogP contribution in [0.5, 0.6) is 5.88 Å². The van der Waals surface area contributed by atoms with Crippen molar-refractivity contribution in [3.05, 3.63) is 28.2 Å². The quantitative estimate of drug-likeness (QED) is 0.366. The first-order valence-corrected chi connectivity index (χ1v) is 6.56. The van der Waals surface area contributed by atoms with Gasteiger partial charge in [0, 0.05) is 12.1 Å². The Morgan fingerprint density at radius 2 is 2.05 bits per heavy atom. The van der Waals surface area contributed by atoms with Crippen LogP contribution in [0.4, 0.5) is 10.1 Å². The maximum atomic E-state index is 13.4. The van der Waals surface area contributed by atoms with Crippen LogP contribution in [0.15, 0.2) is 12.1 Å². The van der Waals surface area contributed by atoms with E-state index >= 15 is 0 Å². The molecule has 1 fully saturated rings. The molecule has 114 valence electrons. The molecule has 0 atom stereocenters. The van der Waals surface area contributed by atoms with E-state index in [1.165, 1.54) is 13.2 Å². The zero-order chi connectivity index (χ0) is 15.4. The predicted molar refractivity (Wildman–Crippen MR) is 69.2 cm³/mol. The minimum atomic E-state index is -1.17. The Bertz CT molecular complexity index is 543. The van der Waals surface area contributed by atoms with Gasteiger partial charge in [0.15, 0.2) is 0 Å². The van der Waals surface area contributed by atoms with Crippen molar-refractivity contribution in [2.24, 2.45) is 5.92 Å². The van der Waals surface area contributed by atoms with Crippen molar-refractivity contribution in [2.45, 2.75) is 31.8 Å². The van der Waals surface area contributed by atoms with Gasteiger partial charge in [0.05, 0.1) is 18.0 Å². The Morgan fingerprint density at radius 1 is 1.38 bits per heavy atom. The maximum absolute atomic E-state index is 13.4. The molecular weight excluding hydrogens is 283 g/mol. The molecule has 0 N–H and O–H groups in total. The second kappa shape index (κ2) is 6.47. The lowest BCUT2D eigenvalue weighted by molar-refractivity contribution is -0.388. The molecule has 1 aliphatic carbocycles. The topological polar surface area (TPSA) is 91.6 Å². The Hall–Kier alpha value is -2.25. The molecule has 1 heterocycles. The number of nitro groups is 1. The van der Waals surface area contributed by atoms with E-state index in [1.54, 1.807) is 0 Å². The van der Waals surface area contributed by atoms with Crippen molar-refractivity contribution in [1.82, 2.24) is 4.98 Å². The summed E-state index contributed by atoms with van der Waals surface area (Å²) in [4.78, 5) is 24.5. The summed E-state index contributed by atoms with van der Waals surface area (Å²) in [5.41, 5.74) is -0.684. The first kappa shape index (κ1) is 15.1. The Morgan fingerprint density at radius 3 is 2.57 bits per heavy atom. The van der Waals surface area contributed by atoms with Crippen LogP contribution in [0.3, 0.4) is 0 Å². The molecule has 0 spiro atoms. The van der Waals surface area contributed by atoms with Crippen LogP contribution in [0, 0.1) is 22.0 Å². The molecule has 21 heavy (non-hydrogen) atoms. The van der Waals surface area contributed by atoms with Gasteiger partial charge < -0.3 is 9.47 Å². The molecular formula is C13H15FN2O5. The number of pyridine rings is 1. The molecule has 0 bridgehead atoms. The fourth-order valence-electron chi connectivity index (χ4n) is 2.37. The van der Waals surface area contributed by atoms with Crippen LogP contribution >= 0.6 is 0 Å². The van der Waals surface area contributed by atoms with Crippen molar-refractivity contribution in [3.63, 3.8) is 0 Å². The fourth-order valence-corrected chi connectivity index (χ4v) is 2.37. The third-order valence-electron chi connectivity index (χ3n) is 3.50. The number of carbonyl (C=O) groups is 1. The number of hydrogen-bond acceptors (Lipinski definition) is 6. The number of carbonyl (C=O) groups excluding carboxylic acids is 1. The Labute approximate surface area is 120 Å². The fraction of sp³-hybridized carbons (Fsp3) is 0.538. The van der Waals surface area contributed by atoms with E-state index in [4.69, 9.17) is 4.74 Å². The standard InChI is InChI=1S/C13H15FN2O5/c1-20-13(17)8-2-4-9(5-3-8)21-11-7-6-10(16(18)19)12(14)15-11/h6-9H,2-5H2,1H3/t8-,9+. The van der Waals surface area contributed by atoms with E-state index < -0.39 is 16.6 Å². The molecule has 0 unspecified atom stereocenters. The lowest BCUT2D eigenvalue weighted by atomic mass is 9.87. The van der Waals surface area contributed by atoms with Crippen molar-refractivity contribution < 1.29 is 23.6 Å². The van der Waals surface area contributed by atoms with Crippen molar-refractivity contribution >= 4 is 11.7 Å². The highest BCUT2D eigenvalue weighted by Crippen LogP contribution is 2.28. The number of hydrogen-bond donors (Lipinski definition) is 0. The molecule has 1 aromatic rings. The van der Waals surface area contributed by atoms with Crippen molar-refractivity contribution in [3.8, 4) is 5.88 Å².